The van der Waals surface area contributed by atoms with Gasteiger partial charge in [0, 0.05) is 44.5 Å². The standard InChI is InChI=1S/C18H24FN7O/c1-10-11(2)22-16(18(27)25(4)5)24-17(10)26-7-6-13(8-26)23-15-14(19)12(3)20-9-21-15/h9,13H,6-8H2,1-5H3,(H,20,21,23)/t13-/m1/s1. The molecule has 1 N–H and O–H groups in total. The van der Waals surface area contributed by atoms with E-state index >= 15 is 0 Å². The zero-order chi connectivity index (χ0) is 19.7. The highest BCUT2D eigenvalue weighted by atomic mass is 19.1. The number of carbonyl (C=O) groups excluding carboxylic acids is 1. The van der Waals surface area contributed by atoms with Gasteiger partial charge in [0.05, 0.1) is 5.69 Å². The Balaban J connectivity index is 1.80. The van der Waals surface area contributed by atoms with Crippen molar-refractivity contribution in [2.24, 2.45) is 0 Å². The van der Waals surface area contributed by atoms with Crippen molar-refractivity contribution < 1.29 is 9.18 Å². The van der Waals surface area contributed by atoms with Gasteiger partial charge in [-0.3, -0.25) is 4.79 Å². The summed E-state index contributed by atoms with van der Waals surface area (Å²) in [5.41, 5.74) is 2.03. The first kappa shape index (κ1) is 18.9. The highest BCUT2D eigenvalue weighted by molar-refractivity contribution is 5.90. The van der Waals surface area contributed by atoms with Gasteiger partial charge in [-0.25, -0.2) is 24.3 Å². The Morgan fingerprint density at radius 2 is 1.96 bits per heavy atom. The van der Waals surface area contributed by atoms with Crippen molar-refractivity contribution in [2.45, 2.75) is 33.2 Å². The first-order chi connectivity index (χ1) is 12.8. The lowest BCUT2D eigenvalue weighted by Crippen LogP contribution is -2.30. The van der Waals surface area contributed by atoms with E-state index in [0.29, 0.717) is 12.2 Å². The number of hydrogen-bond donors (Lipinski definition) is 1. The van der Waals surface area contributed by atoms with Crippen LogP contribution in [-0.4, -0.2) is 64.0 Å². The van der Waals surface area contributed by atoms with Crippen LogP contribution in [0.5, 0.6) is 0 Å². The molecule has 3 heterocycles. The number of aryl methyl sites for hydroxylation is 2. The molecule has 3 rings (SSSR count). The Labute approximate surface area is 157 Å². The summed E-state index contributed by atoms with van der Waals surface area (Å²) in [5.74, 6) is 0.493. The second kappa shape index (κ2) is 7.42. The maximum Gasteiger partial charge on any atom is 0.291 e. The predicted octanol–water partition coefficient (Wildman–Crippen LogP) is 1.72. The van der Waals surface area contributed by atoms with E-state index < -0.39 is 5.82 Å². The maximum atomic E-state index is 14.1. The molecule has 1 atom stereocenters. The summed E-state index contributed by atoms with van der Waals surface area (Å²) in [5, 5.41) is 3.15. The lowest BCUT2D eigenvalue weighted by molar-refractivity contribution is 0.0815. The maximum absolute atomic E-state index is 14.1. The Morgan fingerprint density at radius 3 is 2.67 bits per heavy atom. The smallest absolute Gasteiger partial charge is 0.291 e. The quantitative estimate of drug-likeness (QED) is 0.873. The van der Waals surface area contributed by atoms with Crippen LogP contribution in [0.15, 0.2) is 6.33 Å². The summed E-state index contributed by atoms with van der Waals surface area (Å²) in [4.78, 5) is 32.5. The largest absolute Gasteiger partial charge is 0.363 e. The van der Waals surface area contributed by atoms with E-state index in [1.807, 2.05) is 13.8 Å². The highest BCUT2D eigenvalue weighted by Gasteiger charge is 2.27. The normalized spacial score (nSPS) is 16.5. The highest BCUT2D eigenvalue weighted by Crippen LogP contribution is 2.26. The number of rotatable bonds is 4. The zero-order valence-electron chi connectivity index (χ0n) is 16.2. The van der Waals surface area contributed by atoms with Crippen LogP contribution in [-0.2, 0) is 0 Å². The topological polar surface area (TPSA) is 87.1 Å². The molecule has 2 aromatic heterocycles. The van der Waals surface area contributed by atoms with E-state index in [9.17, 15) is 9.18 Å². The van der Waals surface area contributed by atoms with Gasteiger partial charge in [0.15, 0.2) is 11.6 Å². The summed E-state index contributed by atoms with van der Waals surface area (Å²) in [6, 6.07) is 0.0245. The third-order valence-electron chi connectivity index (χ3n) is 4.75. The number of anilines is 2. The first-order valence-corrected chi connectivity index (χ1v) is 8.83. The van der Waals surface area contributed by atoms with Gasteiger partial charge in [-0.15, -0.1) is 0 Å². The van der Waals surface area contributed by atoms with Crippen LogP contribution < -0.4 is 10.2 Å². The minimum Gasteiger partial charge on any atom is -0.363 e. The van der Waals surface area contributed by atoms with Crippen molar-refractivity contribution >= 4 is 17.5 Å². The Kier molecular flexibility index (Phi) is 5.20. The molecule has 1 aliphatic rings. The molecule has 0 spiro atoms. The molecule has 1 aliphatic heterocycles. The first-order valence-electron chi connectivity index (χ1n) is 8.83. The van der Waals surface area contributed by atoms with Crippen LogP contribution in [0.1, 0.15) is 34.0 Å². The fourth-order valence-corrected chi connectivity index (χ4v) is 3.04. The van der Waals surface area contributed by atoms with Crippen molar-refractivity contribution in [3.8, 4) is 0 Å². The van der Waals surface area contributed by atoms with Gasteiger partial charge in [-0.2, -0.15) is 0 Å². The van der Waals surface area contributed by atoms with Crippen LogP contribution in [0.3, 0.4) is 0 Å². The van der Waals surface area contributed by atoms with E-state index in [0.717, 1.165) is 30.0 Å². The minimum atomic E-state index is -0.427. The van der Waals surface area contributed by atoms with Crippen LogP contribution in [0, 0.1) is 26.6 Å². The second-order valence-corrected chi connectivity index (χ2v) is 6.98. The van der Waals surface area contributed by atoms with Crippen molar-refractivity contribution in [1.29, 1.82) is 0 Å². The number of nitrogens with zero attached hydrogens (tertiary/aromatic N) is 6. The summed E-state index contributed by atoms with van der Waals surface area (Å²) in [6.45, 7) is 6.81. The van der Waals surface area contributed by atoms with Gasteiger partial charge in [0.25, 0.3) is 5.91 Å². The van der Waals surface area contributed by atoms with Crippen LogP contribution in [0.2, 0.25) is 0 Å². The third kappa shape index (κ3) is 3.81. The fraction of sp³-hybridized carbons (Fsp3) is 0.500. The van der Waals surface area contributed by atoms with Crippen molar-refractivity contribution in [3.63, 3.8) is 0 Å². The molecule has 27 heavy (non-hydrogen) atoms. The number of hydrogen-bond acceptors (Lipinski definition) is 7. The molecule has 0 aliphatic carbocycles. The molecule has 1 saturated heterocycles. The molecule has 9 heteroatoms. The van der Waals surface area contributed by atoms with Gasteiger partial charge < -0.3 is 15.1 Å². The Bertz CT molecular complexity index is 871. The van der Waals surface area contributed by atoms with E-state index in [1.54, 1.807) is 21.0 Å². The number of nitrogens with one attached hydrogen (secondary N) is 1. The van der Waals surface area contributed by atoms with E-state index in [-0.39, 0.29) is 23.6 Å². The Hall–Kier alpha value is -2.84. The minimum absolute atomic E-state index is 0.0245. The van der Waals surface area contributed by atoms with Gasteiger partial charge >= 0.3 is 0 Å². The molecule has 1 amide bonds. The molecular formula is C18H24FN7O. The van der Waals surface area contributed by atoms with E-state index in [1.165, 1.54) is 11.2 Å². The molecule has 0 saturated carbocycles. The molecular weight excluding hydrogens is 349 g/mol. The molecule has 1 fully saturated rings. The van der Waals surface area contributed by atoms with Crippen LogP contribution in [0.4, 0.5) is 16.0 Å². The van der Waals surface area contributed by atoms with Gasteiger partial charge in [0.1, 0.15) is 12.1 Å². The van der Waals surface area contributed by atoms with Gasteiger partial charge in [-0.1, -0.05) is 0 Å². The molecule has 2 aromatic rings. The predicted molar refractivity (Wildman–Crippen MR) is 100 cm³/mol. The summed E-state index contributed by atoms with van der Waals surface area (Å²) >= 11 is 0. The molecule has 0 radical (unpaired) electrons. The van der Waals surface area contributed by atoms with Crippen LogP contribution in [0.25, 0.3) is 0 Å². The molecule has 144 valence electrons. The second-order valence-electron chi connectivity index (χ2n) is 6.98. The summed E-state index contributed by atoms with van der Waals surface area (Å²) in [6.07, 6.45) is 2.16. The van der Waals surface area contributed by atoms with E-state index in [4.69, 9.17) is 0 Å². The van der Waals surface area contributed by atoms with E-state index in [2.05, 4.69) is 30.2 Å². The Morgan fingerprint density at radius 1 is 1.22 bits per heavy atom. The van der Waals surface area contributed by atoms with Gasteiger partial charge in [-0.05, 0) is 27.2 Å². The fourth-order valence-electron chi connectivity index (χ4n) is 3.04. The number of carbonyl (C=O) groups is 1. The lowest BCUT2D eigenvalue weighted by atomic mass is 10.2. The van der Waals surface area contributed by atoms with Crippen molar-refractivity contribution in [2.75, 3.05) is 37.4 Å². The summed E-state index contributed by atoms with van der Waals surface area (Å²) < 4.78 is 14.1. The number of aromatic nitrogens is 4. The molecule has 0 bridgehead atoms. The van der Waals surface area contributed by atoms with Crippen molar-refractivity contribution in [1.82, 2.24) is 24.8 Å². The van der Waals surface area contributed by atoms with Crippen molar-refractivity contribution in [3.05, 3.63) is 34.9 Å². The lowest BCUT2D eigenvalue weighted by Gasteiger charge is -2.22. The average molecular weight is 373 g/mol. The molecule has 0 unspecified atom stereocenters. The number of amides is 1. The average Bonchev–Trinajstić information content (AvgIpc) is 3.08. The summed E-state index contributed by atoms with van der Waals surface area (Å²) in [7, 11) is 3.35. The molecule has 0 aromatic carbocycles. The monoisotopic (exact) mass is 373 g/mol. The van der Waals surface area contributed by atoms with Gasteiger partial charge in [0.2, 0.25) is 5.82 Å². The van der Waals surface area contributed by atoms with Crippen LogP contribution >= 0.6 is 0 Å². The number of halogens is 1. The molecule has 8 nitrogen and oxygen atoms in total. The SMILES string of the molecule is Cc1nc(C(=O)N(C)C)nc(N2CC[C@@H](Nc3ncnc(C)c3F)C2)c1C. The zero-order valence-corrected chi connectivity index (χ0v) is 16.2. The third-order valence-corrected chi connectivity index (χ3v) is 4.75.